The third kappa shape index (κ3) is 4.03. The quantitative estimate of drug-likeness (QED) is 0.643. The van der Waals surface area contributed by atoms with Gasteiger partial charge in [0.25, 0.3) is 0 Å². The smallest absolute Gasteiger partial charge is 0.228 e. The van der Waals surface area contributed by atoms with E-state index in [0.29, 0.717) is 25.6 Å². The number of likely N-dealkylation sites (tertiary alicyclic amines) is 1. The summed E-state index contributed by atoms with van der Waals surface area (Å²) in [6.45, 7) is 1.87. The van der Waals surface area contributed by atoms with Crippen molar-refractivity contribution in [3.05, 3.63) is 54.2 Å². The van der Waals surface area contributed by atoms with Gasteiger partial charge in [-0.25, -0.2) is 0 Å². The maximum atomic E-state index is 13.2. The van der Waals surface area contributed by atoms with E-state index in [4.69, 9.17) is 9.47 Å². The highest BCUT2D eigenvalue weighted by molar-refractivity contribution is 6.00. The minimum atomic E-state index is -0.284. The summed E-state index contributed by atoms with van der Waals surface area (Å²) >= 11 is 0. The van der Waals surface area contributed by atoms with E-state index < -0.39 is 0 Å². The summed E-state index contributed by atoms with van der Waals surface area (Å²) in [5.41, 5.74) is 3.20. The third-order valence-electron chi connectivity index (χ3n) is 7.03. The molecule has 2 saturated heterocycles. The van der Waals surface area contributed by atoms with Crippen LogP contribution in [0.4, 0.5) is 5.69 Å². The average molecular weight is 448 g/mol. The summed E-state index contributed by atoms with van der Waals surface area (Å²) in [5, 5.41) is 1.19. The molecule has 0 bridgehead atoms. The number of anilines is 1. The van der Waals surface area contributed by atoms with Crippen molar-refractivity contribution >= 4 is 28.4 Å². The largest absolute Gasteiger partial charge is 0.497 e. The molecule has 1 aromatic heterocycles. The van der Waals surface area contributed by atoms with E-state index >= 15 is 0 Å². The molecule has 2 aliphatic rings. The molecule has 0 radical (unpaired) electrons. The van der Waals surface area contributed by atoms with Gasteiger partial charge in [-0.3, -0.25) is 9.59 Å². The van der Waals surface area contributed by atoms with Crippen LogP contribution in [-0.2, 0) is 9.59 Å². The molecular weight excluding hydrogens is 418 g/mol. The monoisotopic (exact) mass is 447 g/mol. The molecule has 1 unspecified atom stereocenters. The van der Waals surface area contributed by atoms with Crippen molar-refractivity contribution < 1.29 is 19.1 Å². The Morgan fingerprint density at radius 3 is 2.39 bits per heavy atom. The fraction of sp³-hybridized carbons (Fsp3) is 0.385. The number of H-pyrrole nitrogens is 1. The molecule has 33 heavy (non-hydrogen) atoms. The van der Waals surface area contributed by atoms with Crippen molar-refractivity contribution in [1.82, 2.24) is 9.88 Å². The van der Waals surface area contributed by atoms with E-state index in [2.05, 4.69) is 17.2 Å². The number of amides is 2. The second-order valence-corrected chi connectivity index (χ2v) is 8.86. The molecular formula is C26H29N3O4. The van der Waals surface area contributed by atoms with Crippen molar-refractivity contribution in [1.29, 1.82) is 0 Å². The molecule has 5 rings (SSSR count). The van der Waals surface area contributed by atoms with Gasteiger partial charge in [-0.1, -0.05) is 0 Å². The van der Waals surface area contributed by atoms with E-state index in [1.54, 1.807) is 19.1 Å². The van der Waals surface area contributed by atoms with Crippen LogP contribution in [0.25, 0.3) is 10.9 Å². The summed E-state index contributed by atoms with van der Waals surface area (Å²) < 4.78 is 10.6. The zero-order chi connectivity index (χ0) is 22.9. The number of hydrogen-bond acceptors (Lipinski definition) is 4. The summed E-state index contributed by atoms with van der Waals surface area (Å²) in [6, 6.07) is 13.5. The number of nitrogens with zero attached hydrogens (tertiary/aromatic N) is 2. The third-order valence-corrected chi connectivity index (χ3v) is 7.03. The summed E-state index contributed by atoms with van der Waals surface area (Å²) in [6.07, 6.45) is 4.19. The number of fused-ring (bicyclic) bond motifs is 1. The Morgan fingerprint density at radius 2 is 1.70 bits per heavy atom. The molecule has 1 N–H and O–H groups in total. The number of aromatic amines is 1. The first-order valence-electron chi connectivity index (χ1n) is 11.5. The molecule has 3 heterocycles. The molecule has 3 aromatic rings. The lowest BCUT2D eigenvalue weighted by atomic mass is 9.88. The van der Waals surface area contributed by atoms with Gasteiger partial charge in [0.1, 0.15) is 11.5 Å². The van der Waals surface area contributed by atoms with Gasteiger partial charge in [-0.05, 0) is 66.8 Å². The Kier molecular flexibility index (Phi) is 5.70. The number of benzene rings is 2. The first-order chi connectivity index (χ1) is 16.1. The minimum Gasteiger partial charge on any atom is -0.497 e. The Labute approximate surface area is 193 Å². The zero-order valence-electron chi connectivity index (χ0n) is 19.0. The topological polar surface area (TPSA) is 74.9 Å². The maximum Gasteiger partial charge on any atom is 0.228 e. The number of piperidine rings is 1. The zero-order valence-corrected chi connectivity index (χ0v) is 19.0. The number of hydrogen-bond donors (Lipinski definition) is 1. The fourth-order valence-corrected chi connectivity index (χ4v) is 5.14. The lowest BCUT2D eigenvalue weighted by Crippen LogP contribution is -2.42. The number of nitrogens with one attached hydrogen (secondary N) is 1. The standard InChI is InChI=1S/C26H29N3O4/c1-32-20-5-3-19(4-6-20)29-16-18(13-25(29)30)26(31)28-11-9-17(10-12-28)23-15-27-24-8-7-21(33-2)14-22(23)24/h3-8,14-15,17-18,27H,9-13,16H2,1-2H3. The second kappa shape index (κ2) is 8.81. The van der Waals surface area contributed by atoms with Crippen molar-refractivity contribution in [2.75, 3.05) is 38.8 Å². The predicted molar refractivity (Wildman–Crippen MR) is 127 cm³/mol. The normalized spacial score (nSPS) is 19.3. The number of carbonyl (C=O) groups is 2. The van der Waals surface area contributed by atoms with Crippen molar-refractivity contribution in [3.8, 4) is 11.5 Å². The van der Waals surface area contributed by atoms with Crippen LogP contribution < -0.4 is 14.4 Å². The maximum absolute atomic E-state index is 13.2. The fourth-order valence-electron chi connectivity index (χ4n) is 5.14. The molecule has 2 aliphatic heterocycles. The lowest BCUT2D eigenvalue weighted by molar-refractivity contribution is -0.136. The van der Waals surface area contributed by atoms with E-state index in [0.717, 1.165) is 35.5 Å². The van der Waals surface area contributed by atoms with Crippen LogP contribution in [-0.4, -0.2) is 55.6 Å². The first-order valence-corrected chi connectivity index (χ1v) is 11.5. The molecule has 0 spiro atoms. The Bertz CT molecular complexity index is 1160. The molecule has 172 valence electrons. The van der Waals surface area contributed by atoms with Crippen LogP contribution in [0, 0.1) is 5.92 Å². The molecule has 7 heteroatoms. The molecule has 1 atom stereocenters. The van der Waals surface area contributed by atoms with Crippen LogP contribution in [0.5, 0.6) is 11.5 Å². The van der Waals surface area contributed by atoms with Crippen LogP contribution in [0.3, 0.4) is 0 Å². The Hall–Kier alpha value is -3.48. The van der Waals surface area contributed by atoms with Crippen molar-refractivity contribution in [2.45, 2.75) is 25.2 Å². The first kappa shape index (κ1) is 21.4. The lowest BCUT2D eigenvalue weighted by Gasteiger charge is -2.33. The van der Waals surface area contributed by atoms with E-state index in [1.165, 1.54) is 10.9 Å². The Morgan fingerprint density at radius 1 is 1.00 bits per heavy atom. The molecule has 2 amide bonds. The highest BCUT2D eigenvalue weighted by Crippen LogP contribution is 2.36. The highest BCUT2D eigenvalue weighted by atomic mass is 16.5. The van der Waals surface area contributed by atoms with Crippen LogP contribution in [0.1, 0.15) is 30.7 Å². The second-order valence-electron chi connectivity index (χ2n) is 8.86. The van der Waals surface area contributed by atoms with Gasteiger partial charge in [0.2, 0.25) is 11.8 Å². The van der Waals surface area contributed by atoms with Gasteiger partial charge >= 0.3 is 0 Å². The molecule has 2 aromatic carbocycles. The Balaban J connectivity index is 1.22. The highest BCUT2D eigenvalue weighted by Gasteiger charge is 2.38. The van der Waals surface area contributed by atoms with Gasteiger partial charge in [-0.2, -0.15) is 0 Å². The van der Waals surface area contributed by atoms with Crippen molar-refractivity contribution in [3.63, 3.8) is 0 Å². The van der Waals surface area contributed by atoms with Gasteiger partial charge in [-0.15, -0.1) is 0 Å². The minimum absolute atomic E-state index is 0.00106. The molecule has 2 fully saturated rings. The number of ether oxygens (including phenoxy) is 2. The van der Waals surface area contributed by atoms with Gasteiger partial charge in [0, 0.05) is 48.8 Å². The van der Waals surface area contributed by atoms with Crippen LogP contribution in [0.15, 0.2) is 48.7 Å². The summed E-state index contributed by atoms with van der Waals surface area (Å²) in [7, 11) is 3.30. The number of rotatable bonds is 5. The van der Waals surface area contributed by atoms with Gasteiger partial charge in [0.15, 0.2) is 0 Å². The number of carbonyl (C=O) groups excluding carboxylic acids is 2. The van der Waals surface area contributed by atoms with Crippen LogP contribution >= 0.6 is 0 Å². The van der Waals surface area contributed by atoms with Crippen molar-refractivity contribution in [2.24, 2.45) is 5.92 Å². The van der Waals surface area contributed by atoms with Gasteiger partial charge in [0.05, 0.1) is 20.1 Å². The SMILES string of the molecule is COc1ccc(N2CC(C(=O)N3CCC(c4c[nH]c5ccc(OC)cc45)CC3)CC2=O)cc1. The average Bonchev–Trinajstić information content (AvgIpc) is 3.47. The molecule has 7 nitrogen and oxygen atoms in total. The van der Waals surface area contributed by atoms with Crippen LogP contribution in [0.2, 0.25) is 0 Å². The van der Waals surface area contributed by atoms with Gasteiger partial charge < -0.3 is 24.3 Å². The predicted octanol–water partition coefficient (Wildman–Crippen LogP) is 3.94. The summed E-state index contributed by atoms with van der Waals surface area (Å²) in [4.78, 5) is 32.9. The number of aromatic nitrogens is 1. The molecule has 0 saturated carbocycles. The summed E-state index contributed by atoms with van der Waals surface area (Å²) in [5.74, 6) is 1.81. The van der Waals surface area contributed by atoms with E-state index in [1.807, 2.05) is 41.3 Å². The molecule has 0 aliphatic carbocycles. The number of methoxy groups -OCH3 is 2. The van der Waals surface area contributed by atoms with E-state index in [9.17, 15) is 9.59 Å². The van der Waals surface area contributed by atoms with E-state index in [-0.39, 0.29) is 24.2 Å².